The molecule has 100 valence electrons. The molecule has 2 N–H and O–H groups in total. The van der Waals surface area contributed by atoms with Gasteiger partial charge in [-0.1, -0.05) is 44.2 Å². The second-order valence-electron chi connectivity index (χ2n) is 5.50. The molecule has 0 aliphatic heterocycles. The maximum Gasteiger partial charge on any atom is 0.0351 e. The average Bonchev–Trinajstić information content (AvgIpc) is 2.39. The van der Waals surface area contributed by atoms with Gasteiger partial charge in [-0.15, -0.1) is 0 Å². The molecule has 1 atom stereocenters. The summed E-state index contributed by atoms with van der Waals surface area (Å²) in [6.07, 6.45) is 4.57. The first kappa shape index (κ1) is 13.8. The van der Waals surface area contributed by atoms with E-state index in [0.29, 0.717) is 5.92 Å². The van der Waals surface area contributed by atoms with E-state index in [1.165, 1.54) is 11.1 Å². The molecule has 19 heavy (non-hydrogen) atoms. The zero-order chi connectivity index (χ0) is 13.8. The van der Waals surface area contributed by atoms with Crippen LogP contribution in [-0.2, 0) is 6.42 Å². The summed E-state index contributed by atoms with van der Waals surface area (Å²) in [5.41, 5.74) is 11.2. The third kappa shape index (κ3) is 3.65. The van der Waals surface area contributed by atoms with E-state index in [2.05, 4.69) is 49.2 Å². The molecule has 0 amide bonds. The lowest BCUT2D eigenvalue weighted by atomic mass is 9.97. The van der Waals surface area contributed by atoms with Crippen LogP contribution in [0.15, 0.2) is 42.7 Å². The zero-order valence-electron chi connectivity index (χ0n) is 11.9. The van der Waals surface area contributed by atoms with Gasteiger partial charge in [0.05, 0.1) is 0 Å². The highest BCUT2D eigenvalue weighted by molar-refractivity contribution is 5.27. The quantitative estimate of drug-likeness (QED) is 0.902. The fourth-order valence-electron chi connectivity index (χ4n) is 2.19. The van der Waals surface area contributed by atoms with E-state index in [1.54, 1.807) is 0 Å². The van der Waals surface area contributed by atoms with Gasteiger partial charge >= 0.3 is 0 Å². The molecule has 0 saturated carbocycles. The number of pyridine rings is 1. The Morgan fingerprint density at radius 3 is 2.32 bits per heavy atom. The van der Waals surface area contributed by atoms with Crippen molar-refractivity contribution < 1.29 is 0 Å². The zero-order valence-corrected chi connectivity index (χ0v) is 11.9. The maximum absolute atomic E-state index is 6.25. The van der Waals surface area contributed by atoms with Crippen molar-refractivity contribution in [2.45, 2.75) is 39.2 Å². The summed E-state index contributed by atoms with van der Waals surface area (Å²) in [5, 5.41) is 0. The summed E-state index contributed by atoms with van der Waals surface area (Å²) in [7, 11) is 0. The number of benzene rings is 1. The van der Waals surface area contributed by atoms with Gasteiger partial charge in [-0.2, -0.15) is 0 Å². The molecular weight excluding hydrogens is 232 g/mol. The number of hydrogen-bond donors (Lipinski definition) is 1. The highest BCUT2D eigenvalue weighted by atomic mass is 14.7. The van der Waals surface area contributed by atoms with Crippen molar-refractivity contribution in [1.29, 1.82) is 0 Å². The third-order valence-corrected chi connectivity index (χ3v) is 3.43. The SMILES string of the molecule is Cc1cncc(C(N)Cc2ccc(C(C)C)cc2)c1. The molecule has 0 aliphatic rings. The van der Waals surface area contributed by atoms with Crippen LogP contribution in [0.1, 0.15) is 48.1 Å². The van der Waals surface area contributed by atoms with Crippen LogP contribution in [0.2, 0.25) is 0 Å². The van der Waals surface area contributed by atoms with Crippen LogP contribution in [0.4, 0.5) is 0 Å². The van der Waals surface area contributed by atoms with Gasteiger partial charge in [-0.05, 0) is 41.5 Å². The Kier molecular flexibility index (Phi) is 4.33. The van der Waals surface area contributed by atoms with Gasteiger partial charge in [0.25, 0.3) is 0 Å². The van der Waals surface area contributed by atoms with E-state index >= 15 is 0 Å². The van der Waals surface area contributed by atoms with Crippen molar-refractivity contribution in [3.63, 3.8) is 0 Å². The molecule has 0 spiro atoms. The van der Waals surface area contributed by atoms with E-state index in [4.69, 9.17) is 5.73 Å². The first-order chi connectivity index (χ1) is 9.06. The molecule has 2 aromatic rings. The number of aryl methyl sites for hydroxylation is 1. The van der Waals surface area contributed by atoms with Crippen LogP contribution in [0.3, 0.4) is 0 Å². The van der Waals surface area contributed by atoms with Gasteiger partial charge in [-0.25, -0.2) is 0 Å². The minimum atomic E-state index is 0.0114. The van der Waals surface area contributed by atoms with Crippen LogP contribution in [0.25, 0.3) is 0 Å². The maximum atomic E-state index is 6.25. The Hall–Kier alpha value is -1.67. The molecule has 1 unspecified atom stereocenters. The highest BCUT2D eigenvalue weighted by Gasteiger charge is 2.08. The lowest BCUT2D eigenvalue weighted by Gasteiger charge is -2.13. The number of aromatic nitrogens is 1. The average molecular weight is 254 g/mol. The summed E-state index contributed by atoms with van der Waals surface area (Å²) < 4.78 is 0. The normalized spacial score (nSPS) is 12.7. The number of nitrogens with zero attached hydrogens (tertiary/aromatic N) is 1. The van der Waals surface area contributed by atoms with Crippen molar-refractivity contribution in [3.05, 3.63) is 65.0 Å². The topological polar surface area (TPSA) is 38.9 Å². The number of nitrogens with two attached hydrogens (primary N) is 1. The van der Waals surface area contributed by atoms with Gasteiger partial charge in [0.1, 0.15) is 0 Å². The van der Waals surface area contributed by atoms with Crippen molar-refractivity contribution in [2.24, 2.45) is 5.73 Å². The smallest absolute Gasteiger partial charge is 0.0351 e. The van der Waals surface area contributed by atoms with Crippen molar-refractivity contribution >= 4 is 0 Å². The van der Waals surface area contributed by atoms with Gasteiger partial charge in [-0.3, -0.25) is 4.98 Å². The van der Waals surface area contributed by atoms with E-state index in [1.807, 2.05) is 19.3 Å². The molecule has 1 aromatic carbocycles. The second-order valence-corrected chi connectivity index (χ2v) is 5.50. The van der Waals surface area contributed by atoms with Crippen LogP contribution < -0.4 is 5.73 Å². The Morgan fingerprint density at radius 2 is 1.74 bits per heavy atom. The first-order valence-corrected chi connectivity index (χ1v) is 6.82. The molecular formula is C17H22N2. The fourth-order valence-corrected chi connectivity index (χ4v) is 2.19. The highest BCUT2D eigenvalue weighted by Crippen LogP contribution is 2.19. The summed E-state index contributed by atoms with van der Waals surface area (Å²) in [6.45, 7) is 6.46. The minimum absolute atomic E-state index is 0.0114. The molecule has 2 rings (SSSR count). The number of hydrogen-bond acceptors (Lipinski definition) is 2. The first-order valence-electron chi connectivity index (χ1n) is 6.82. The van der Waals surface area contributed by atoms with Crippen LogP contribution >= 0.6 is 0 Å². The van der Waals surface area contributed by atoms with Crippen LogP contribution in [-0.4, -0.2) is 4.98 Å². The molecule has 0 saturated heterocycles. The predicted molar refractivity (Wildman–Crippen MR) is 80.1 cm³/mol. The third-order valence-electron chi connectivity index (χ3n) is 3.43. The number of rotatable bonds is 4. The van der Waals surface area contributed by atoms with E-state index in [0.717, 1.165) is 17.5 Å². The predicted octanol–water partition coefficient (Wildman–Crippen LogP) is 3.76. The molecule has 0 fully saturated rings. The van der Waals surface area contributed by atoms with Gasteiger partial charge in [0.15, 0.2) is 0 Å². The van der Waals surface area contributed by atoms with Crippen molar-refractivity contribution in [3.8, 4) is 0 Å². The minimum Gasteiger partial charge on any atom is -0.324 e. The van der Waals surface area contributed by atoms with Crippen LogP contribution in [0, 0.1) is 6.92 Å². The van der Waals surface area contributed by atoms with Crippen molar-refractivity contribution in [1.82, 2.24) is 4.98 Å². The van der Waals surface area contributed by atoms with Gasteiger partial charge in [0, 0.05) is 18.4 Å². The second kappa shape index (κ2) is 5.98. The lowest BCUT2D eigenvalue weighted by molar-refractivity contribution is 0.716. The molecule has 2 nitrogen and oxygen atoms in total. The summed E-state index contributed by atoms with van der Waals surface area (Å²) >= 11 is 0. The summed E-state index contributed by atoms with van der Waals surface area (Å²) in [6, 6.07) is 10.9. The Balaban J connectivity index is 2.08. The van der Waals surface area contributed by atoms with Gasteiger partial charge < -0.3 is 5.73 Å². The van der Waals surface area contributed by atoms with E-state index < -0.39 is 0 Å². The van der Waals surface area contributed by atoms with Crippen molar-refractivity contribution in [2.75, 3.05) is 0 Å². The molecule has 1 heterocycles. The van der Waals surface area contributed by atoms with Crippen LogP contribution in [0.5, 0.6) is 0 Å². The Bertz CT molecular complexity index is 529. The van der Waals surface area contributed by atoms with E-state index in [-0.39, 0.29) is 6.04 Å². The summed E-state index contributed by atoms with van der Waals surface area (Å²) in [4.78, 5) is 4.20. The Labute approximate surface area is 115 Å². The standard InChI is InChI=1S/C17H22N2/c1-12(2)15-6-4-14(5-7-15)9-17(18)16-8-13(3)10-19-11-16/h4-8,10-12,17H,9,18H2,1-3H3. The Morgan fingerprint density at radius 1 is 1.05 bits per heavy atom. The molecule has 0 aliphatic carbocycles. The monoisotopic (exact) mass is 254 g/mol. The fraction of sp³-hybridized carbons (Fsp3) is 0.353. The molecule has 1 aromatic heterocycles. The van der Waals surface area contributed by atoms with E-state index in [9.17, 15) is 0 Å². The molecule has 0 bridgehead atoms. The largest absolute Gasteiger partial charge is 0.324 e. The summed E-state index contributed by atoms with van der Waals surface area (Å²) in [5.74, 6) is 0.573. The van der Waals surface area contributed by atoms with Gasteiger partial charge in [0.2, 0.25) is 0 Å². The molecule has 2 heteroatoms. The molecule has 0 radical (unpaired) electrons. The lowest BCUT2D eigenvalue weighted by Crippen LogP contribution is -2.13.